The normalized spacial score (nSPS) is 12.2. The lowest BCUT2D eigenvalue weighted by Gasteiger charge is -2.23. The summed E-state index contributed by atoms with van der Waals surface area (Å²) in [6.07, 6.45) is 0. The second-order valence-electron chi connectivity index (χ2n) is 5.15. The molecule has 1 atom stereocenters. The molecule has 0 radical (unpaired) electrons. The lowest BCUT2D eigenvalue weighted by molar-refractivity contribution is 0.404. The van der Waals surface area contributed by atoms with Crippen LogP contribution in [0.3, 0.4) is 0 Å². The molecule has 20 heavy (non-hydrogen) atoms. The lowest BCUT2D eigenvalue weighted by atomic mass is 9.90. The molecule has 0 amide bonds. The van der Waals surface area contributed by atoms with Crippen LogP contribution in [-0.2, 0) is 0 Å². The van der Waals surface area contributed by atoms with Crippen LogP contribution in [0, 0.1) is 20.8 Å². The molecule has 2 aromatic rings. The molecule has 0 bridgehead atoms. The highest BCUT2D eigenvalue weighted by molar-refractivity contribution is 5.47. The Bertz CT molecular complexity index is 585. The maximum atomic E-state index is 5.83. The van der Waals surface area contributed by atoms with Crippen molar-refractivity contribution in [3.8, 4) is 5.75 Å². The minimum absolute atomic E-state index is 0.0771. The molecular weight excluding hydrogens is 248 g/mol. The number of para-hydroxylation sites is 1. The van der Waals surface area contributed by atoms with E-state index in [2.05, 4.69) is 38.3 Å². The second-order valence-corrected chi connectivity index (χ2v) is 5.15. The fourth-order valence-electron chi connectivity index (χ4n) is 2.88. The zero-order valence-corrected chi connectivity index (χ0v) is 12.5. The zero-order chi connectivity index (χ0) is 14.7. The van der Waals surface area contributed by atoms with Crippen LogP contribution in [0.15, 0.2) is 36.4 Å². The largest absolute Gasteiger partial charge is 0.496 e. The van der Waals surface area contributed by atoms with Crippen molar-refractivity contribution >= 4 is 0 Å². The van der Waals surface area contributed by atoms with E-state index < -0.39 is 0 Å². The first-order chi connectivity index (χ1) is 9.58. The van der Waals surface area contributed by atoms with E-state index in [1.165, 1.54) is 22.3 Å². The third kappa shape index (κ3) is 2.69. The highest BCUT2D eigenvalue weighted by atomic mass is 16.5. The van der Waals surface area contributed by atoms with E-state index in [0.29, 0.717) is 0 Å². The van der Waals surface area contributed by atoms with Gasteiger partial charge in [0, 0.05) is 5.56 Å². The zero-order valence-electron chi connectivity index (χ0n) is 12.5. The number of hydrogen-bond acceptors (Lipinski definition) is 3. The Labute approximate surface area is 120 Å². The average Bonchev–Trinajstić information content (AvgIpc) is 2.42. The number of benzene rings is 2. The van der Waals surface area contributed by atoms with Crippen LogP contribution in [0.1, 0.15) is 33.9 Å². The summed E-state index contributed by atoms with van der Waals surface area (Å²) in [7, 11) is 1.68. The fourth-order valence-corrected chi connectivity index (χ4v) is 2.88. The summed E-state index contributed by atoms with van der Waals surface area (Å²) in [5, 5.41) is 0. The van der Waals surface area contributed by atoms with Crippen molar-refractivity contribution in [2.24, 2.45) is 5.84 Å². The molecule has 0 fully saturated rings. The number of aryl methyl sites for hydroxylation is 3. The summed E-state index contributed by atoms with van der Waals surface area (Å²) in [6, 6.07) is 12.3. The summed E-state index contributed by atoms with van der Waals surface area (Å²) in [5.41, 5.74) is 8.92. The number of rotatable bonds is 4. The van der Waals surface area contributed by atoms with Crippen molar-refractivity contribution in [3.63, 3.8) is 0 Å². The highest BCUT2D eigenvalue weighted by Gasteiger charge is 2.20. The predicted octanol–water partition coefficient (Wildman–Crippen LogP) is 3.17. The van der Waals surface area contributed by atoms with Crippen molar-refractivity contribution in [2.45, 2.75) is 26.8 Å². The molecule has 0 aliphatic heterocycles. The Balaban J connectivity index is 2.59. The van der Waals surface area contributed by atoms with Gasteiger partial charge in [-0.05, 0) is 43.5 Å². The molecule has 0 spiro atoms. The van der Waals surface area contributed by atoms with Gasteiger partial charge in [0.25, 0.3) is 0 Å². The Morgan fingerprint density at radius 1 is 1.05 bits per heavy atom. The minimum Gasteiger partial charge on any atom is -0.496 e. The average molecular weight is 270 g/mol. The Morgan fingerprint density at radius 3 is 2.20 bits per heavy atom. The van der Waals surface area contributed by atoms with Gasteiger partial charge in [0.05, 0.1) is 13.2 Å². The number of methoxy groups -OCH3 is 1. The first kappa shape index (κ1) is 14.6. The Hall–Kier alpha value is -1.84. The minimum atomic E-state index is -0.0771. The third-order valence-electron chi connectivity index (χ3n) is 3.64. The molecule has 3 nitrogen and oxygen atoms in total. The summed E-state index contributed by atoms with van der Waals surface area (Å²) in [6.45, 7) is 6.35. The SMILES string of the molecule is COc1ccccc1C(NN)c1c(C)cc(C)cc1C. The smallest absolute Gasteiger partial charge is 0.124 e. The van der Waals surface area contributed by atoms with Crippen molar-refractivity contribution in [3.05, 3.63) is 64.2 Å². The van der Waals surface area contributed by atoms with Crippen molar-refractivity contribution < 1.29 is 4.74 Å². The van der Waals surface area contributed by atoms with E-state index in [0.717, 1.165) is 11.3 Å². The van der Waals surface area contributed by atoms with Gasteiger partial charge in [-0.15, -0.1) is 0 Å². The standard InChI is InChI=1S/C17H22N2O/c1-11-9-12(2)16(13(3)10-11)17(19-18)14-7-5-6-8-15(14)20-4/h5-10,17,19H,18H2,1-4H3. The molecule has 0 saturated carbocycles. The van der Waals surface area contributed by atoms with E-state index >= 15 is 0 Å². The van der Waals surface area contributed by atoms with Crippen molar-refractivity contribution in [2.75, 3.05) is 7.11 Å². The molecule has 3 heteroatoms. The predicted molar refractivity (Wildman–Crippen MR) is 82.8 cm³/mol. The first-order valence-corrected chi connectivity index (χ1v) is 6.75. The van der Waals surface area contributed by atoms with Gasteiger partial charge < -0.3 is 4.74 Å². The molecule has 0 aromatic heterocycles. The maximum Gasteiger partial charge on any atom is 0.124 e. The highest BCUT2D eigenvalue weighted by Crippen LogP contribution is 2.33. The van der Waals surface area contributed by atoms with Crippen LogP contribution < -0.4 is 16.0 Å². The van der Waals surface area contributed by atoms with Crippen LogP contribution in [0.25, 0.3) is 0 Å². The molecule has 3 N–H and O–H groups in total. The molecule has 1 unspecified atom stereocenters. The second kappa shape index (κ2) is 6.07. The molecule has 0 aliphatic rings. The van der Waals surface area contributed by atoms with Gasteiger partial charge in [0.1, 0.15) is 5.75 Å². The van der Waals surface area contributed by atoms with Crippen LogP contribution in [-0.4, -0.2) is 7.11 Å². The summed E-state index contributed by atoms with van der Waals surface area (Å²) >= 11 is 0. The van der Waals surface area contributed by atoms with E-state index in [9.17, 15) is 0 Å². The van der Waals surface area contributed by atoms with E-state index in [-0.39, 0.29) is 6.04 Å². The van der Waals surface area contributed by atoms with Crippen molar-refractivity contribution in [1.29, 1.82) is 0 Å². The van der Waals surface area contributed by atoms with Crippen LogP contribution in [0.2, 0.25) is 0 Å². The van der Waals surface area contributed by atoms with Crippen LogP contribution in [0.4, 0.5) is 0 Å². The van der Waals surface area contributed by atoms with Gasteiger partial charge in [0.15, 0.2) is 0 Å². The van der Waals surface area contributed by atoms with Gasteiger partial charge in [-0.25, -0.2) is 5.43 Å². The molecule has 106 valence electrons. The van der Waals surface area contributed by atoms with E-state index in [1.54, 1.807) is 7.11 Å². The number of nitrogens with one attached hydrogen (secondary N) is 1. The molecule has 0 aliphatic carbocycles. The topological polar surface area (TPSA) is 47.3 Å². The number of hydrogen-bond donors (Lipinski definition) is 2. The maximum absolute atomic E-state index is 5.83. The van der Waals surface area contributed by atoms with Gasteiger partial charge in [-0.1, -0.05) is 35.9 Å². The van der Waals surface area contributed by atoms with Gasteiger partial charge in [0.2, 0.25) is 0 Å². The molecular formula is C17H22N2O. The number of ether oxygens (including phenoxy) is 1. The van der Waals surface area contributed by atoms with E-state index in [4.69, 9.17) is 10.6 Å². The quantitative estimate of drug-likeness (QED) is 0.662. The Kier molecular flexibility index (Phi) is 4.42. The van der Waals surface area contributed by atoms with Gasteiger partial charge in [-0.2, -0.15) is 0 Å². The monoisotopic (exact) mass is 270 g/mol. The lowest BCUT2D eigenvalue weighted by Crippen LogP contribution is -2.30. The molecule has 2 aromatic carbocycles. The fraction of sp³-hybridized carbons (Fsp3) is 0.294. The van der Waals surface area contributed by atoms with Gasteiger partial charge >= 0.3 is 0 Å². The summed E-state index contributed by atoms with van der Waals surface area (Å²) in [4.78, 5) is 0. The molecule has 2 rings (SSSR count). The molecule has 0 heterocycles. The number of hydrazine groups is 1. The van der Waals surface area contributed by atoms with Gasteiger partial charge in [-0.3, -0.25) is 5.84 Å². The first-order valence-electron chi connectivity index (χ1n) is 6.75. The van der Waals surface area contributed by atoms with Crippen molar-refractivity contribution in [1.82, 2.24) is 5.43 Å². The summed E-state index contributed by atoms with van der Waals surface area (Å²) < 4.78 is 5.46. The van der Waals surface area contributed by atoms with Crippen LogP contribution in [0.5, 0.6) is 5.75 Å². The number of nitrogens with two attached hydrogens (primary N) is 1. The summed E-state index contributed by atoms with van der Waals surface area (Å²) in [5.74, 6) is 6.67. The van der Waals surface area contributed by atoms with Crippen LogP contribution >= 0.6 is 0 Å². The molecule has 0 saturated heterocycles. The third-order valence-corrected chi connectivity index (χ3v) is 3.64. The van der Waals surface area contributed by atoms with E-state index in [1.807, 2.05) is 24.3 Å². The Morgan fingerprint density at radius 2 is 1.65 bits per heavy atom.